The minimum atomic E-state index is 0.395. The number of ether oxygens (including phenoxy) is 2. The number of hydrogen-bond acceptors (Lipinski definition) is 4. The lowest BCUT2D eigenvalue weighted by Crippen LogP contribution is -2.44. The Balaban J connectivity index is 1.50. The van der Waals surface area contributed by atoms with E-state index in [-0.39, 0.29) is 0 Å². The monoisotopic (exact) mass is 228 g/mol. The zero-order valence-electron chi connectivity index (χ0n) is 10.3. The predicted molar refractivity (Wildman–Crippen MR) is 63.7 cm³/mol. The van der Waals surface area contributed by atoms with Crippen molar-refractivity contribution in [2.75, 3.05) is 45.9 Å². The van der Waals surface area contributed by atoms with Crippen LogP contribution in [0.1, 0.15) is 19.8 Å². The maximum atomic E-state index is 5.57. The minimum Gasteiger partial charge on any atom is -0.377 e. The molecule has 0 bridgehead atoms. The number of nitrogens with one attached hydrogen (secondary N) is 1. The van der Waals surface area contributed by atoms with Crippen LogP contribution < -0.4 is 5.32 Å². The number of rotatable bonds is 5. The molecule has 16 heavy (non-hydrogen) atoms. The van der Waals surface area contributed by atoms with Gasteiger partial charge in [0.1, 0.15) is 0 Å². The Hall–Kier alpha value is -0.160. The van der Waals surface area contributed by atoms with Crippen molar-refractivity contribution in [1.29, 1.82) is 0 Å². The van der Waals surface area contributed by atoms with Crippen LogP contribution in [0, 0.1) is 0 Å². The molecule has 4 nitrogen and oxygen atoms in total. The maximum Gasteiger partial charge on any atom is 0.0700 e. The van der Waals surface area contributed by atoms with Crippen molar-refractivity contribution < 1.29 is 9.47 Å². The Morgan fingerprint density at radius 2 is 2.25 bits per heavy atom. The van der Waals surface area contributed by atoms with E-state index >= 15 is 0 Å². The van der Waals surface area contributed by atoms with E-state index in [4.69, 9.17) is 9.47 Å². The van der Waals surface area contributed by atoms with Gasteiger partial charge in [0.15, 0.2) is 0 Å². The van der Waals surface area contributed by atoms with Crippen molar-refractivity contribution in [2.45, 2.75) is 32.0 Å². The fourth-order valence-corrected chi connectivity index (χ4v) is 2.40. The van der Waals surface area contributed by atoms with Gasteiger partial charge in [-0.1, -0.05) is 0 Å². The molecule has 0 amide bonds. The van der Waals surface area contributed by atoms with Gasteiger partial charge in [0.05, 0.1) is 18.8 Å². The van der Waals surface area contributed by atoms with E-state index in [0.717, 1.165) is 45.9 Å². The third kappa shape index (κ3) is 4.01. The topological polar surface area (TPSA) is 33.7 Å². The molecule has 4 heteroatoms. The fraction of sp³-hybridized carbons (Fsp3) is 1.00. The van der Waals surface area contributed by atoms with Crippen LogP contribution >= 0.6 is 0 Å². The van der Waals surface area contributed by atoms with E-state index in [1.165, 1.54) is 12.8 Å². The summed E-state index contributed by atoms with van der Waals surface area (Å²) in [6, 6.07) is 0. The lowest BCUT2D eigenvalue weighted by atomic mass is 10.2. The van der Waals surface area contributed by atoms with Crippen molar-refractivity contribution in [3.05, 3.63) is 0 Å². The molecule has 2 atom stereocenters. The summed E-state index contributed by atoms with van der Waals surface area (Å²) >= 11 is 0. The highest BCUT2D eigenvalue weighted by Gasteiger charge is 2.17. The summed E-state index contributed by atoms with van der Waals surface area (Å²) in [4.78, 5) is 2.47. The molecular formula is C12H24N2O2. The Kier molecular flexibility index (Phi) is 5.03. The summed E-state index contributed by atoms with van der Waals surface area (Å²) < 4.78 is 11.1. The highest BCUT2D eigenvalue weighted by atomic mass is 16.5. The number of morpholine rings is 1. The quantitative estimate of drug-likeness (QED) is 0.694. The molecule has 2 unspecified atom stereocenters. The van der Waals surface area contributed by atoms with Crippen LogP contribution in [0.3, 0.4) is 0 Å². The Bertz CT molecular complexity index is 195. The molecule has 0 saturated carbocycles. The van der Waals surface area contributed by atoms with Crippen LogP contribution in [-0.2, 0) is 9.47 Å². The zero-order valence-corrected chi connectivity index (χ0v) is 10.3. The highest BCUT2D eigenvalue weighted by molar-refractivity contribution is 4.71. The summed E-state index contributed by atoms with van der Waals surface area (Å²) in [5.41, 5.74) is 0. The van der Waals surface area contributed by atoms with E-state index in [0.29, 0.717) is 12.2 Å². The van der Waals surface area contributed by atoms with Crippen molar-refractivity contribution in [3.8, 4) is 0 Å². The van der Waals surface area contributed by atoms with E-state index in [1.807, 2.05) is 0 Å². The van der Waals surface area contributed by atoms with Gasteiger partial charge in [-0.25, -0.2) is 0 Å². The first-order valence-corrected chi connectivity index (χ1v) is 6.51. The normalized spacial score (nSPS) is 32.1. The Morgan fingerprint density at radius 1 is 1.31 bits per heavy atom. The molecule has 2 aliphatic rings. The van der Waals surface area contributed by atoms with Crippen LogP contribution in [0.4, 0.5) is 0 Å². The molecule has 94 valence electrons. The van der Waals surface area contributed by atoms with Crippen molar-refractivity contribution in [1.82, 2.24) is 10.2 Å². The maximum absolute atomic E-state index is 5.57. The first-order valence-electron chi connectivity index (χ1n) is 6.51. The molecular weight excluding hydrogens is 204 g/mol. The summed E-state index contributed by atoms with van der Waals surface area (Å²) in [5, 5.41) is 3.48. The van der Waals surface area contributed by atoms with Gasteiger partial charge < -0.3 is 14.8 Å². The molecule has 2 aliphatic heterocycles. The molecule has 2 heterocycles. The van der Waals surface area contributed by atoms with Gasteiger partial charge in [0.2, 0.25) is 0 Å². The highest BCUT2D eigenvalue weighted by Crippen LogP contribution is 2.10. The van der Waals surface area contributed by atoms with Gasteiger partial charge in [-0.2, -0.15) is 0 Å². The van der Waals surface area contributed by atoms with Gasteiger partial charge in [-0.05, 0) is 19.8 Å². The average Bonchev–Trinajstić information content (AvgIpc) is 2.77. The van der Waals surface area contributed by atoms with Crippen molar-refractivity contribution in [2.24, 2.45) is 0 Å². The second kappa shape index (κ2) is 6.55. The Morgan fingerprint density at radius 3 is 3.00 bits per heavy atom. The smallest absolute Gasteiger partial charge is 0.0700 e. The van der Waals surface area contributed by atoms with Crippen LogP contribution in [0.2, 0.25) is 0 Å². The molecule has 1 N–H and O–H groups in total. The zero-order chi connectivity index (χ0) is 11.2. The van der Waals surface area contributed by atoms with Gasteiger partial charge >= 0.3 is 0 Å². The number of nitrogens with zero attached hydrogens (tertiary/aromatic N) is 1. The molecule has 0 aromatic heterocycles. The van der Waals surface area contributed by atoms with Crippen LogP contribution in [0.25, 0.3) is 0 Å². The summed E-state index contributed by atoms with van der Waals surface area (Å²) in [7, 11) is 0. The van der Waals surface area contributed by atoms with E-state index in [9.17, 15) is 0 Å². The van der Waals surface area contributed by atoms with E-state index in [2.05, 4.69) is 17.1 Å². The second-order valence-electron chi connectivity index (χ2n) is 4.82. The molecule has 0 aromatic carbocycles. The molecule has 0 spiro atoms. The molecule has 2 saturated heterocycles. The van der Waals surface area contributed by atoms with Crippen LogP contribution in [0.15, 0.2) is 0 Å². The molecule has 0 aliphatic carbocycles. The second-order valence-corrected chi connectivity index (χ2v) is 4.82. The molecule has 0 aromatic rings. The average molecular weight is 228 g/mol. The van der Waals surface area contributed by atoms with Gasteiger partial charge in [0.25, 0.3) is 0 Å². The number of hydrogen-bond donors (Lipinski definition) is 1. The molecule has 0 radical (unpaired) electrons. The lowest BCUT2D eigenvalue weighted by molar-refractivity contribution is -0.0178. The summed E-state index contributed by atoms with van der Waals surface area (Å²) in [6.07, 6.45) is 3.31. The minimum absolute atomic E-state index is 0.395. The van der Waals surface area contributed by atoms with Crippen molar-refractivity contribution in [3.63, 3.8) is 0 Å². The van der Waals surface area contributed by atoms with Crippen LogP contribution in [-0.4, -0.2) is 63.0 Å². The summed E-state index contributed by atoms with van der Waals surface area (Å²) in [6.45, 7) is 9.33. The molecule has 2 rings (SSSR count). The van der Waals surface area contributed by atoms with Gasteiger partial charge in [-0.15, -0.1) is 0 Å². The Labute approximate surface area is 98.3 Å². The summed E-state index contributed by atoms with van der Waals surface area (Å²) in [5.74, 6) is 0. The van der Waals surface area contributed by atoms with Crippen molar-refractivity contribution >= 4 is 0 Å². The van der Waals surface area contributed by atoms with Crippen LogP contribution in [0.5, 0.6) is 0 Å². The third-order valence-corrected chi connectivity index (χ3v) is 3.33. The van der Waals surface area contributed by atoms with Gasteiger partial charge in [0, 0.05) is 39.3 Å². The largest absolute Gasteiger partial charge is 0.377 e. The lowest BCUT2D eigenvalue weighted by Gasteiger charge is -2.31. The molecule has 2 fully saturated rings. The first kappa shape index (κ1) is 12.3. The van der Waals surface area contributed by atoms with E-state index < -0.39 is 0 Å². The standard InChI is InChI=1S/C12H24N2O2/c1-11-10-14(6-8-15-11)5-4-13-9-12-3-2-7-16-12/h11-13H,2-10H2,1H3. The van der Waals surface area contributed by atoms with E-state index in [1.54, 1.807) is 0 Å². The van der Waals surface area contributed by atoms with Gasteiger partial charge in [-0.3, -0.25) is 4.90 Å². The SMILES string of the molecule is CC1CN(CCNCC2CCCO2)CCO1. The third-order valence-electron chi connectivity index (χ3n) is 3.33. The predicted octanol–water partition coefficient (Wildman–Crippen LogP) is 0.476. The first-order chi connectivity index (χ1) is 7.84. The fourth-order valence-electron chi connectivity index (χ4n) is 2.40.